The number of nitrogen functional groups attached to an aromatic ring is 1. The number of anilines is 2. The predicted octanol–water partition coefficient (Wildman–Crippen LogP) is 1.06. The first-order chi connectivity index (χ1) is 7.30. The topological polar surface area (TPSA) is 84.2 Å². The van der Waals surface area contributed by atoms with Crippen LogP contribution in [0.4, 0.5) is 15.8 Å². The van der Waals surface area contributed by atoms with Gasteiger partial charge in [-0.05, 0) is 26.0 Å². The maximum atomic E-state index is 12.9. The normalized spacial score (nSPS) is 11.8. The molecule has 0 fully saturated rings. The maximum Gasteiger partial charge on any atom is 0.299 e. The molecule has 0 atom stereocenters. The Balaban J connectivity index is 2.92. The summed E-state index contributed by atoms with van der Waals surface area (Å²) in [6, 6.07) is 3.22. The number of nitrogens with two attached hydrogens (primary N) is 1. The van der Waals surface area contributed by atoms with Gasteiger partial charge in [0, 0.05) is 12.1 Å². The molecule has 0 aliphatic carbocycles. The molecule has 0 heterocycles. The van der Waals surface area contributed by atoms with E-state index in [2.05, 4.69) is 9.44 Å². The zero-order chi connectivity index (χ0) is 12.3. The van der Waals surface area contributed by atoms with Crippen molar-refractivity contribution >= 4 is 21.6 Å². The largest absolute Gasteiger partial charge is 0.397 e. The summed E-state index contributed by atoms with van der Waals surface area (Å²) in [5.41, 5.74) is 5.69. The van der Waals surface area contributed by atoms with Crippen molar-refractivity contribution in [1.82, 2.24) is 4.72 Å². The predicted molar refractivity (Wildman–Crippen MR) is 61.6 cm³/mol. The van der Waals surface area contributed by atoms with E-state index in [4.69, 9.17) is 5.73 Å². The summed E-state index contributed by atoms with van der Waals surface area (Å²) in [7, 11) is -3.72. The lowest BCUT2D eigenvalue weighted by Crippen LogP contribution is -2.35. The molecular formula is C9H14FN3O2S. The third-order valence-corrected chi connectivity index (χ3v) is 2.92. The molecule has 4 N–H and O–H groups in total. The van der Waals surface area contributed by atoms with Crippen molar-refractivity contribution in [3.63, 3.8) is 0 Å². The Morgan fingerprint density at radius 1 is 1.38 bits per heavy atom. The Kier molecular flexibility index (Phi) is 3.71. The second-order valence-electron chi connectivity index (χ2n) is 3.61. The monoisotopic (exact) mass is 247 g/mol. The van der Waals surface area contributed by atoms with Gasteiger partial charge in [-0.25, -0.2) is 4.39 Å². The van der Waals surface area contributed by atoms with Crippen LogP contribution in [0.15, 0.2) is 18.2 Å². The standard InChI is InChI=1S/C9H14FN3O2S/c1-6(2)12-16(14,15)13-9-5-7(10)3-4-8(9)11/h3-6,12-13H,11H2,1-2H3. The first-order valence-corrected chi connectivity index (χ1v) is 6.13. The van der Waals surface area contributed by atoms with Crippen molar-refractivity contribution in [3.8, 4) is 0 Å². The van der Waals surface area contributed by atoms with Crippen molar-refractivity contribution in [2.24, 2.45) is 0 Å². The second-order valence-corrected chi connectivity index (χ2v) is 5.06. The maximum absolute atomic E-state index is 12.9. The molecule has 0 saturated heterocycles. The van der Waals surface area contributed by atoms with Crippen LogP contribution in [0.25, 0.3) is 0 Å². The minimum Gasteiger partial charge on any atom is -0.397 e. The van der Waals surface area contributed by atoms with E-state index < -0.39 is 16.0 Å². The minimum absolute atomic E-state index is 0.0214. The fourth-order valence-corrected chi connectivity index (χ4v) is 2.25. The molecule has 1 rings (SSSR count). The van der Waals surface area contributed by atoms with E-state index in [0.717, 1.165) is 12.1 Å². The molecule has 0 radical (unpaired) electrons. The number of hydrogen-bond donors (Lipinski definition) is 3. The first-order valence-electron chi connectivity index (χ1n) is 4.65. The van der Waals surface area contributed by atoms with Gasteiger partial charge in [-0.2, -0.15) is 13.1 Å². The first kappa shape index (κ1) is 12.7. The van der Waals surface area contributed by atoms with Crippen molar-refractivity contribution in [2.75, 3.05) is 10.5 Å². The van der Waals surface area contributed by atoms with Crippen LogP contribution in [-0.2, 0) is 10.2 Å². The summed E-state index contributed by atoms with van der Waals surface area (Å²) in [6.45, 7) is 3.35. The number of nitrogens with one attached hydrogen (secondary N) is 2. The highest BCUT2D eigenvalue weighted by molar-refractivity contribution is 7.90. The Morgan fingerprint density at radius 2 is 2.00 bits per heavy atom. The summed E-state index contributed by atoms with van der Waals surface area (Å²) in [5.74, 6) is -0.559. The molecule has 1 aromatic rings. The van der Waals surface area contributed by atoms with Gasteiger partial charge >= 0.3 is 0 Å². The van der Waals surface area contributed by atoms with Gasteiger partial charge in [0.05, 0.1) is 11.4 Å². The van der Waals surface area contributed by atoms with E-state index in [9.17, 15) is 12.8 Å². The molecule has 0 aliphatic heterocycles. The van der Waals surface area contributed by atoms with Crippen molar-refractivity contribution < 1.29 is 12.8 Å². The van der Waals surface area contributed by atoms with E-state index in [1.54, 1.807) is 13.8 Å². The van der Waals surface area contributed by atoms with Crippen LogP contribution in [-0.4, -0.2) is 14.5 Å². The minimum atomic E-state index is -3.72. The number of benzene rings is 1. The molecule has 0 aromatic heterocycles. The summed E-state index contributed by atoms with van der Waals surface area (Å²) in [6.07, 6.45) is 0. The highest BCUT2D eigenvalue weighted by Gasteiger charge is 2.13. The van der Waals surface area contributed by atoms with Gasteiger partial charge in [-0.1, -0.05) is 0 Å². The average Bonchev–Trinajstić information content (AvgIpc) is 2.08. The molecule has 0 unspecified atom stereocenters. The molecule has 7 heteroatoms. The molecule has 0 spiro atoms. The van der Waals surface area contributed by atoms with Crippen LogP contribution < -0.4 is 15.2 Å². The SMILES string of the molecule is CC(C)NS(=O)(=O)Nc1cc(F)ccc1N. The Hall–Kier alpha value is -1.34. The fourth-order valence-electron chi connectivity index (χ4n) is 1.10. The lowest BCUT2D eigenvalue weighted by molar-refractivity contribution is 0.575. The Labute approximate surface area is 94.0 Å². The summed E-state index contributed by atoms with van der Waals surface area (Å²) in [5, 5.41) is 0. The number of hydrogen-bond acceptors (Lipinski definition) is 3. The van der Waals surface area contributed by atoms with E-state index in [0.29, 0.717) is 0 Å². The molecule has 16 heavy (non-hydrogen) atoms. The van der Waals surface area contributed by atoms with Gasteiger partial charge in [0.2, 0.25) is 0 Å². The molecule has 0 saturated carbocycles. The van der Waals surface area contributed by atoms with Crippen molar-refractivity contribution in [2.45, 2.75) is 19.9 Å². The quantitative estimate of drug-likeness (QED) is 0.696. The van der Waals surface area contributed by atoms with Gasteiger partial charge in [0.1, 0.15) is 5.82 Å². The Bertz CT molecular complexity index is 474. The van der Waals surface area contributed by atoms with Crippen LogP contribution in [0.5, 0.6) is 0 Å². The van der Waals surface area contributed by atoms with E-state index in [1.165, 1.54) is 6.07 Å². The molecular weight excluding hydrogens is 233 g/mol. The average molecular weight is 247 g/mol. The summed E-state index contributed by atoms with van der Waals surface area (Å²) in [4.78, 5) is 0. The van der Waals surface area contributed by atoms with Gasteiger partial charge in [0.15, 0.2) is 0 Å². The Morgan fingerprint density at radius 3 is 2.56 bits per heavy atom. The smallest absolute Gasteiger partial charge is 0.299 e. The lowest BCUT2D eigenvalue weighted by atomic mass is 10.3. The number of rotatable bonds is 4. The zero-order valence-electron chi connectivity index (χ0n) is 8.99. The molecule has 0 aliphatic rings. The number of halogens is 1. The summed E-state index contributed by atoms with van der Waals surface area (Å²) >= 11 is 0. The van der Waals surface area contributed by atoms with Crippen molar-refractivity contribution in [3.05, 3.63) is 24.0 Å². The third kappa shape index (κ3) is 3.67. The fraction of sp³-hybridized carbons (Fsp3) is 0.333. The van der Waals surface area contributed by atoms with Gasteiger partial charge in [0.25, 0.3) is 10.2 Å². The van der Waals surface area contributed by atoms with Crippen LogP contribution in [0.3, 0.4) is 0 Å². The molecule has 90 valence electrons. The lowest BCUT2D eigenvalue weighted by Gasteiger charge is -2.13. The van der Waals surface area contributed by atoms with Crippen LogP contribution in [0, 0.1) is 5.82 Å². The van der Waals surface area contributed by atoms with Gasteiger partial charge < -0.3 is 5.73 Å². The molecule has 1 aromatic carbocycles. The second kappa shape index (κ2) is 4.67. The van der Waals surface area contributed by atoms with Crippen molar-refractivity contribution in [1.29, 1.82) is 0 Å². The highest BCUT2D eigenvalue weighted by atomic mass is 32.2. The van der Waals surface area contributed by atoms with Crippen LogP contribution in [0.2, 0.25) is 0 Å². The molecule has 5 nitrogen and oxygen atoms in total. The molecule has 0 amide bonds. The zero-order valence-corrected chi connectivity index (χ0v) is 9.81. The van der Waals surface area contributed by atoms with E-state index in [-0.39, 0.29) is 17.4 Å². The van der Waals surface area contributed by atoms with Crippen LogP contribution >= 0.6 is 0 Å². The molecule has 0 bridgehead atoms. The van der Waals surface area contributed by atoms with Gasteiger partial charge in [-0.15, -0.1) is 0 Å². The highest BCUT2D eigenvalue weighted by Crippen LogP contribution is 2.20. The van der Waals surface area contributed by atoms with E-state index >= 15 is 0 Å². The third-order valence-electron chi connectivity index (χ3n) is 1.65. The summed E-state index contributed by atoms with van der Waals surface area (Å²) < 4.78 is 40.3. The van der Waals surface area contributed by atoms with Gasteiger partial charge in [-0.3, -0.25) is 4.72 Å². The van der Waals surface area contributed by atoms with Crippen LogP contribution in [0.1, 0.15) is 13.8 Å². The van der Waals surface area contributed by atoms with E-state index in [1.807, 2.05) is 0 Å².